The molecule has 0 fully saturated rings. The Morgan fingerprint density at radius 3 is 2.68 bits per heavy atom. The van der Waals surface area contributed by atoms with Crippen molar-refractivity contribution in [3.63, 3.8) is 0 Å². The number of carbonyl (C=O) groups excluding carboxylic acids is 1. The zero-order valence-corrected chi connectivity index (χ0v) is 12.2. The van der Waals surface area contributed by atoms with Crippen molar-refractivity contribution in [2.75, 3.05) is 11.9 Å². The van der Waals surface area contributed by atoms with E-state index in [1.165, 1.54) is 10.9 Å². The Balaban J connectivity index is 2.95. The molecule has 0 aromatic carbocycles. The Bertz CT molecular complexity index is 513. The monoisotopic (exact) mass is 287 g/mol. The number of nitrogens with zero attached hydrogens (tertiary/aromatic N) is 2. The Morgan fingerprint density at radius 2 is 2.16 bits per heavy atom. The van der Waals surface area contributed by atoms with Crippen molar-refractivity contribution in [1.29, 1.82) is 0 Å². The van der Waals surface area contributed by atoms with E-state index in [1.807, 2.05) is 13.8 Å². The number of hydrogen-bond donors (Lipinski definition) is 1. The molecule has 0 bridgehead atoms. The maximum atomic E-state index is 11.9. The van der Waals surface area contributed by atoms with Crippen LogP contribution in [0.15, 0.2) is 11.0 Å². The molecule has 1 aromatic rings. The van der Waals surface area contributed by atoms with Gasteiger partial charge in [-0.05, 0) is 27.7 Å². The molecular formula is C12H18ClN3O3. The van der Waals surface area contributed by atoms with Gasteiger partial charge in [0, 0.05) is 0 Å². The van der Waals surface area contributed by atoms with Gasteiger partial charge >= 0.3 is 5.97 Å². The number of aromatic nitrogens is 2. The minimum absolute atomic E-state index is 0.0137. The number of esters is 1. The van der Waals surface area contributed by atoms with Crippen LogP contribution < -0.4 is 10.9 Å². The molecule has 0 aliphatic carbocycles. The number of hydrogen-bond acceptors (Lipinski definition) is 5. The lowest BCUT2D eigenvalue weighted by Crippen LogP contribution is -2.31. The van der Waals surface area contributed by atoms with Crippen LogP contribution in [-0.2, 0) is 9.53 Å². The molecule has 6 nitrogen and oxygen atoms in total. The van der Waals surface area contributed by atoms with E-state index in [0.29, 0.717) is 12.3 Å². The summed E-state index contributed by atoms with van der Waals surface area (Å²) in [5, 5.41) is 6.84. The smallest absolute Gasteiger partial charge is 0.328 e. The summed E-state index contributed by atoms with van der Waals surface area (Å²) in [7, 11) is 0. The van der Waals surface area contributed by atoms with Crippen molar-refractivity contribution in [2.24, 2.45) is 0 Å². The molecule has 0 radical (unpaired) electrons. The van der Waals surface area contributed by atoms with Crippen LogP contribution in [-0.4, -0.2) is 28.4 Å². The van der Waals surface area contributed by atoms with E-state index < -0.39 is 17.6 Å². The molecule has 1 rings (SSSR count). The fourth-order valence-corrected chi connectivity index (χ4v) is 1.66. The summed E-state index contributed by atoms with van der Waals surface area (Å²) in [4.78, 5) is 23.4. The summed E-state index contributed by atoms with van der Waals surface area (Å²) < 4.78 is 6.14. The van der Waals surface area contributed by atoms with Gasteiger partial charge in [-0.1, -0.05) is 11.6 Å². The van der Waals surface area contributed by atoms with Crippen LogP contribution in [0.4, 0.5) is 5.69 Å². The van der Waals surface area contributed by atoms with Crippen LogP contribution in [0, 0.1) is 0 Å². The zero-order valence-electron chi connectivity index (χ0n) is 11.4. The summed E-state index contributed by atoms with van der Waals surface area (Å²) in [5.41, 5.74) is -0.0677. The second-order valence-corrected chi connectivity index (χ2v) is 4.71. The third-order valence-electron chi connectivity index (χ3n) is 2.44. The molecule has 0 aliphatic rings. The van der Waals surface area contributed by atoms with Crippen LogP contribution in [0.2, 0.25) is 5.02 Å². The average molecular weight is 288 g/mol. The van der Waals surface area contributed by atoms with Gasteiger partial charge in [-0.2, -0.15) is 5.10 Å². The van der Waals surface area contributed by atoms with Gasteiger partial charge in [0.05, 0.1) is 24.5 Å². The van der Waals surface area contributed by atoms with Crippen molar-refractivity contribution in [2.45, 2.75) is 39.8 Å². The Hall–Kier alpha value is -1.56. The molecule has 1 N–H and O–H groups in total. The van der Waals surface area contributed by atoms with Gasteiger partial charge in [-0.3, -0.25) is 4.79 Å². The second-order valence-electron chi connectivity index (χ2n) is 4.33. The third-order valence-corrected chi connectivity index (χ3v) is 2.81. The minimum atomic E-state index is -0.603. The van der Waals surface area contributed by atoms with Gasteiger partial charge in [0.2, 0.25) is 0 Å². The molecule has 1 atom stereocenters. The highest BCUT2D eigenvalue weighted by atomic mass is 35.5. The van der Waals surface area contributed by atoms with Gasteiger partial charge in [-0.15, -0.1) is 0 Å². The van der Waals surface area contributed by atoms with Crippen molar-refractivity contribution >= 4 is 23.3 Å². The fourth-order valence-electron chi connectivity index (χ4n) is 1.47. The average Bonchev–Trinajstić information content (AvgIpc) is 2.34. The fraction of sp³-hybridized carbons (Fsp3) is 0.583. The molecule has 1 unspecified atom stereocenters. The van der Waals surface area contributed by atoms with E-state index in [2.05, 4.69) is 10.4 Å². The van der Waals surface area contributed by atoms with Crippen molar-refractivity contribution in [3.05, 3.63) is 21.6 Å². The van der Waals surface area contributed by atoms with E-state index in [1.54, 1.807) is 13.8 Å². The van der Waals surface area contributed by atoms with Crippen LogP contribution >= 0.6 is 11.6 Å². The van der Waals surface area contributed by atoms with E-state index in [-0.39, 0.29) is 11.1 Å². The molecule has 0 spiro atoms. The highest BCUT2D eigenvalue weighted by Gasteiger charge is 2.17. The first-order valence-corrected chi connectivity index (χ1v) is 6.46. The van der Waals surface area contributed by atoms with E-state index in [4.69, 9.17) is 16.3 Å². The lowest BCUT2D eigenvalue weighted by molar-refractivity contribution is -0.143. The first-order chi connectivity index (χ1) is 8.88. The van der Waals surface area contributed by atoms with E-state index in [0.717, 1.165) is 0 Å². The second kappa shape index (κ2) is 6.56. The predicted octanol–water partition coefficient (Wildman–Crippen LogP) is 1.84. The third kappa shape index (κ3) is 3.70. The van der Waals surface area contributed by atoms with E-state index in [9.17, 15) is 9.59 Å². The van der Waals surface area contributed by atoms with Crippen molar-refractivity contribution in [1.82, 2.24) is 9.78 Å². The predicted molar refractivity (Wildman–Crippen MR) is 73.6 cm³/mol. The van der Waals surface area contributed by atoms with Crippen LogP contribution in [0.1, 0.15) is 33.7 Å². The van der Waals surface area contributed by atoms with Crippen LogP contribution in [0.25, 0.3) is 0 Å². The molecule has 7 heteroatoms. The zero-order chi connectivity index (χ0) is 14.6. The summed E-state index contributed by atoms with van der Waals surface area (Å²) in [5.74, 6) is -0.411. The summed E-state index contributed by atoms with van der Waals surface area (Å²) in [6.07, 6.45) is 1.43. The summed E-state index contributed by atoms with van der Waals surface area (Å²) in [6.45, 7) is 7.31. The first kappa shape index (κ1) is 15.5. The van der Waals surface area contributed by atoms with Crippen LogP contribution in [0.3, 0.4) is 0 Å². The summed E-state index contributed by atoms with van der Waals surface area (Å²) in [6, 6.07) is -0.685. The maximum Gasteiger partial charge on any atom is 0.328 e. The van der Waals surface area contributed by atoms with Crippen molar-refractivity contribution < 1.29 is 9.53 Å². The Morgan fingerprint density at radius 1 is 1.53 bits per heavy atom. The topological polar surface area (TPSA) is 73.2 Å². The maximum absolute atomic E-state index is 11.9. The lowest BCUT2D eigenvalue weighted by Gasteiger charge is -2.16. The van der Waals surface area contributed by atoms with Gasteiger partial charge in [-0.25, -0.2) is 9.48 Å². The number of nitrogens with one attached hydrogen (secondary N) is 1. The number of rotatable bonds is 5. The minimum Gasteiger partial charge on any atom is -0.464 e. The lowest BCUT2D eigenvalue weighted by atomic mass is 10.3. The van der Waals surface area contributed by atoms with Gasteiger partial charge in [0.1, 0.15) is 11.1 Å². The standard InChI is InChI=1S/C12H18ClN3O3/c1-5-19-12(18)8(4)15-9-6-14-16(7(2)3)11(17)10(9)13/h6-8,15H,5H2,1-4H3. The molecule has 0 saturated carbocycles. The number of anilines is 1. The molecular weight excluding hydrogens is 270 g/mol. The van der Waals surface area contributed by atoms with Crippen LogP contribution in [0.5, 0.6) is 0 Å². The largest absolute Gasteiger partial charge is 0.464 e. The molecule has 19 heavy (non-hydrogen) atoms. The Kier molecular flexibility index (Phi) is 5.35. The Labute approximate surface area is 116 Å². The number of ether oxygens (including phenoxy) is 1. The van der Waals surface area contributed by atoms with Gasteiger partial charge in [0.25, 0.3) is 5.56 Å². The highest BCUT2D eigenvalue weighted by molar-refractivity contribution is 6.33. The molecule has 0 amide bonds. The number of carbonyl (C=O) groups is 1. The van der Waals surface area contributed by atoms with E-state index >= 15 is 0 Å². The quantitative estimate of drug-likeness (QED) is 0.837. The summed E-state index contributed by atoms with van der Waals surface area (Å²) >= 11 is 5.98. The molecule has 1 aromatic heterocycles. The first-order valence-electron chi connectivity index (χ1n) is 6.09. The molecule has 0 saturated heterocycles. The molecule has 0 aliphatic heterocycles. The van der Waals surface area contributed by atoms with Gasteiger partial charge in [0.15, 0.2) is 0 Å². The normalized spacial score (nSPS) is 12.3. The van der Waals surface area contributed by atoms with Crippen molar-refractivity contribution in [3.8, 4) is 0 Å². The van der Waals surface area contributed by atoms with Gasteiger partial charge < -0.3 is 10.1 Å². The highest BCUT2D eigenvalue weighted by Crippen LogP contribution is 2.17. The number of halogens is 1. The molecule has 1 heterocycles. The molecule has 106 valence electrons. The SMILES string of the molecule is CCOC(=O)C(C)Nc1cnn(C(C)C)c(=O)c1Cl.